The van der Waals surface area contributed by atoms with Crippen molar-refractivity contribution in [2.75, 3.05) is 19.4 Å². The maximum absolute atomic E-state index is 14.1. The van der Waals surface area contributed by atoms with E-state index in [9.17, 15) is 18.0 Å². The van der Waals surface area contributed by atoms with Crippen molar-refractivity contribution >= 4 is 45.1 Å². The third-order valence-electron chi connectivity index (χ3n) is 7.51. The lowest BCUT2D eigenvalue weighted by Crippen LogP contribution is -2.57. The van der Waals surface area contributed by atoms with Crippen LogP contribution in [0.15, 0.2) is 48.5 Å². The van der Waals surface area contributed by atoms with Crippen molar-refractivity contribution in [3.05, 3.63) is 69.7 Å². The van der Waals surface area contributed by atoms with Gasteiger partial charge in [-0.25, -0.2) is 8.42 Å². The van der Waals surface area contributed by atoms with Gasteiger partial charge in [0.05, 0.1) is 25.3 Å². The van der Waals surface area contributed by atoms with Crippen LogP contribution >= 0.6 is 23.2 Å². The van der Waals surface area contributed by atoms with Crippen molar-refractivity contribution in [1.82, 2.24) is 9.21 Å². The molecule has 8 nitrogen and oxygen atoms in total. The third-order valence-corrected chi connectivity index (χ3v) is 10.1. The number of benzene rings is 2. The van der Waals surface area contributed by atoms with E-state index in [0.29, 0.717) is 28.6 Å². The van der Waals surface area contributed by atoms with Crippen LogP contribution in [0.3, 0.4) is 0 Å². The monoisotopic (exact) mass is 596 g/mol. The molecule has 39 heavy (non-hydrogen) atoms. The maximum atomic E-state index is 14.1. The highest BCUT2D eigenvalue weighted by Gasteiger charge is 2.48. The van der Waals surface area contributed by atoms with Gasteiger partial charge in [-0.1, -0.05) is 54.4 Å². The summed E-state index contributed by atoms with van der Waals surface area (Å²) < 4.78 is 39.9. The Labute approximate surface area is 240 Å². The fraction of sp³-hybridized carbons (Fsp3) is 0.500. The molecule has 5 atom stereocenters. The van der Waals surface area contributed by atoms with Gasteiger partial charge in [0.15, 0.2) is 0 Å². The molecule has 3 unspecified atom stereocenters. The Morgan fingerprint density at radius 2 is 1.85 bits per heavy atom. The van der Waals surface area contributed by atoms with Crippen LogP contribution in [0.5, 0.6) is 0 Å². The molecule has 0 radical (unpaired) electrons. The normalized spacial score (nSPS) is 25.1. The number of methoxy groups -OCH3 is 1. The van der Waals surface area contributed by atoms with Gasteiger partial charge in [-0.05, 0) is 61.6 Å². The van der Waals surface area contributed by atoms with E-state index in [-0.39, 0.29) is 18.2 Å². The second-order valence-corrected chi connectivity index (χ2v) is 12.9. The summed E-state index contributed by atoms with van der Waals surface area (Å²) in [4.78, 5) is 28.0. The van der Waals surface area contributed by atoms with Gasteiger partial charge in [-0.15, -0.1) is 0 Å². The molecule has 0 spiro atoms. The molecule has 11 heteroatoms. The third kappa shape index (κ3) is 6.60. The van der Waals surface area contributed by atoms with Crippen molar-refractivity contribution in [3.63, 3.8) is 0 Å². The van der Waals surface area contributed by atoms with E-state index < -0.39 is 46.2 Å². The molecule has 2 saturated heterocycles. The molecule has 0 aromatic heterocycles. The fourth-order valence-electron chi connectivity index (χ4n) is 5.53. The molecular formula is C28H34Cl2N2O6S. The van der Waals surface area contributed by atoms with E-state index in [2.05, 4.69) is 0 Å². The van der Waals surface area contributed by atoms with Crippen molar-refractivity contribution in [3.8, 4) is 0 Å². The SMILES string of the molecule is CCC(CS(=O)(=O)N1CCCC1C)N1C(=O)C(CC(=O)OC)O[C@H](c2cccc(Cl)c2)[C@H]1c1ccc(Cl)cc1. The molecule has 2 aromatic rings. The highest BCUT2D eigenvalue weighted by atomic mass is 35.5. The van der Waals surface area contributed by atoms with Crippen LogP contribution < -0.4 is 0 Å². The largest absolute Gasteiger partial charge is 0.469 e. The van der Waals surface area contributed by atoms with E-state index in [4.69, 9.17) is 32.7 Å². The van der Waals surface area contributed by atoms with E-state index in [1.165, 1.54) is 11.4 Å². The highest BCUT2D eigenvalue weighted by Crippen LogP contribution is 2.45. The molecule has 0 bridgehead atoms. The van der Waals surface area contributed by atoms with Gasteiger partial charge in [-0.3, -0.25) is 9.59 Å². The molecule has 4 rings (SSSR count). The average Bonchev–Trinajstić information content (AvgIpc) is 3.35. The minimum Gasteiger partial charge on any atom is -0.469 e. The van der Waals surface area contributed by atoms with Crippen LogP contribution in [0, 0.1) is 0 Å². The number of hydrogen-bond donors (Lipinski definition) is 0. The minimum absolute atomic E-state index is 0.0914. The zero-order chi connectivity index (χ0) is 28.3. The van der Waals surface area contributed by atoms with Gasteiger partial charge in [-0.2, -0.15) is 4.31 Å². The van der Waals surface area contributed by atoms with Crippen molar-refractivity contribution < 1.29 is 27.5 Å². The van der Waals surface area contributed by atoms with Gasteiger partial charge < -0.3 is 14.4 Å². The van der Waals surface area contributed by atoms with E-state index in [1.807, 2.05) is 19.9 Å². The zero-order valence-corrected chi connectivity index (χ0v) is 24.6. The first-order valence-corrected chi connectivity index (χ1v) is 15.5. The Morgan fingerprint density at radius 3 is 2.44 bits per heavy atom. The lowest BCUT2D eigenvalue weighted by Gasteiger charge is -2.48. The van der Waals surface area contributed by atoms with Crippen LogP contribution in [0.4, 0.5) is 0 Å². The number of nitrogens with zero attached hydrogens (tertiary/aromatic N) is 2. The number of rotatable bonds is 9. The molecule has 2 aliphatic rings. The lowest BCUT2D eigenvalue weighted by molar-refractivity contribution is -0.183. The van der Waals surface area contributed by atoms with Crippen LogP contribution in [-0.2, 0) is 29.1 Å². The summed E-state index contributed by atoms with van der Waals surface area (Å²) in [6, 6.07) is 12.7. The molecule has 2 aromatic carbocycles. The number of esters is 1. The summed E-state index contributed by atoms with van der Waals surface area (Å²) in [5, 5.41) is 1.01. The van der Waals surface area contributed by atoms with Crippen molar-refractivity contribution in [2.24, 2.45) is 0 Å². The molecule has 0 aliphatic carbocycles. The standard InChI is InChI=1S/C28H34Cl2N2O6S/c1-4-23(17-39(35,36)31-14-6-7-18(31)2)32-26(19-10-12-21(29)13-11-19)27(20-8-5-9-22(30)15-20)38-24(28(32)34)16-25(33)37-3/h5,8-13,15,18,23-24,26-27H,4,6-7,14,16-17H2,1-3H3/t18?,23?,24?,26-,27-/m1/s1. The number of carbonyl (C=O) groups excluding carboxylic acids is 2. The minimum atomic E-state index is -3.67. The van der Waals surface area contributed by atoms with E-state index in [1.54, 1.807) is 47.4 Å². The molecule has 0 saturated carbocycles. The number of carbonyl (C=O) groups is 2. The highest BCUT2D eigenvalue weighted by molar-refractivity contribution is 7.89. The number of morpholine rings is 1. The van der Waals surface area contributed by atoms with Crippen LogP contribution in [0.2, 0.25) is 10.0 Å². The van der Waals surface area contributed by atoms with Crippen LogP contribution in [0.25, 0.3) is 0 Å². The van der Waals surface area contributed by atoms with Gasteiger partial charge in [0, 0.05) is 28.7 Å². The number of amides is 1. The second kappa shape index (κ2) is 12.6. The van der Waals surface area contributed by atoms with E-state index >= 15 is 0 Å². The maximum Gasteiger partial charge on any atom is 0.308 e. The molecule has 212 valence electrons. The van der Waals surface area contributed by atoms with Gasteiger partial charge in [0.25, 0.3) is 5.91 Å². The number of sulfonamides is 1. The van der Waals surface area contributed by atoms with Gasteiger partial charge in [0.2, 0.25) is 10.0 Å². The Balaban J connectivity index is 1.83. The van der Waals surface area contributed by atoms with Crippen LogP contribution in [-0.4, -0.2) is 67.1 Å². The summed E-state index contributed by atoms with van der Waals surface area (Å²) in [6.07, 6.45) is -0.212. The first-order valence-electron chi connectivity index (χ1n) is 13.1. The topological polar surface area (TPSA) is 93.2 Å². The van der Waals surface area contributed by atoms with Gasteiger partial charge >= 0.3 is 5.97 Å². The molecule has 0 N–H and O–H groups in total. The van der Waals surface area contributed by atoms with E-state index in [0.717, 1.165) is 18.4 Å². The molecule has 2 aliphatic heterocycles. The van der Waals surface area contributed by atoms with Gasteiger partial charge in [0.1, 0.15) is 12.2 Å². The predicted molar refractivity (Wildman–Crippen MR) is 150 cm³/mol. The summed E-state index contributed by atoms with van der Waals surface area (Å²) >= 11 is 12.5. The summed E-state index contributed by atoms with van der Waals surface area (Å²) in [5.74, 6) is -1.30. The summed E-state index contributed by atoms with van der Waals surface area (Å²) in [7, 11) is -2.43. The quantitative estimate of drug-likeness (QED) is 0.371. The predicted octanol–water partition coefficient (Wildman–Crippen LogP) is 5.16. The molecule has 1 amide bonds. The number of hydrogen-bond acceptors (Lipinski definition) is 6. The smallest absolute Gasteiger partial charge is 0.308 e. The first kappa shape index (κ1) is 29.8. The summed E-state index contributed by atoms with van der Waals surface area (Å²) in [6.45, 7) is 4.23. The fourth-order valence-corrected chi connectivity index (χ4v) is 7.99. The number of halogens is 2. The Bertz CT molecular complexity index is 1290. The Hall–Kier alpha value is -2.17. The number of ether oxygens (including phenoxy) is 2. The first-order chi connectivity index (χ1) is 18.6. The zero-order valence-electron chi connectivity index (χ0n) is 22.3. The second-order valence-electron chi connectivity index (χ2n) is 10.1. The molecular weight excluding hydrogens is 563 g/mol. The Kier molecular flexibility index (Phi) is 9.60. The van der Waals surface area contributed by atoms with Crippen molar-refractivity contribution in [2.45, 2.75) is 69.9 Å². The lowest BCUT2D eigenvalue weighted by atomic mass is 9.89. The average molecular weight is 598 g/mol. The summed E-state index contributed by atoms with van der Waals surface area (Å²) in [5.41, 5.74) is 1.42. The Morgan fingerprint density at radius 1 is 1.13 bits per heavy atom. The van der Waals surface area contributed by atoms with Crippen molar-refractivity contribution in [1.29, 1.82) is 0 Å². The molecule has 2 fully saturated rings. The van der Waals surface area contributed by atoms with Crippen LogP contribution in [0.1, 0.15) is 62.8 Å². The molecule has 2 heterocycles.